The Morgan fingerprint density at radius 2 is 2.00 bits per heavy atom. The van der Waals surface area contributed by atoms with Crippen LogP contribution in [0.2, 0.25) is 0 Å². The normalized spacial score (nSPS) is 23.1. The van der Waals surface area contributed by atoms with Gasteiger partial charge in [0.05, 0.1) is 11.8 Å². The van der Waals surface area contributed by atoms with Crippen molar-refractivity contribution in [2.45, 2.75) is 31.3 Å². The van der Waals surface area contributed by atoms with E-state index in [9.17, 15) is 14.6 Å². The van der Waals surface area contributed by atoms with Gasteiger partial charge in [-0.15, -0.1) is 12.4 Å². The van der Waals surface area contributed by atoms with Crippen LogP contribution in [0, 0.1) is 0 Å². The first-order valence-corrected chi connectivity index (χ1v) is 6.74. The predicted molar refractivity (Wildman–Crippen MR) is 59.3 cm³/mol. The number of hydrogen-bond donors (Lipinski definition) is 3. The Labute approximate surface area is 90.7 Å². The number of nitrogens with two attached hydrogens (primary N) is 1. The van der Waals surface area contributed by atoms with E-state index in [-0.39, 0.29) is 24.7 Å². The molecular formula is C8H19ClNO3P. The monoisotopic (exact) mass is 243 g/mol. The number of hydrogen-bond acceptors (Lipinski definition) is 3. The van der Waals surface area contributed by atoms with Crippen molar-refractivity contribution < 1.29 is 14.6 Å². The average molecular weight is 244 g/mol. The molecule has 0 heterocycles. The third kappa shape index (κ3) is 4.28. The molecule has 0 aromatic rings. The minimum absolute atomic E-state index is 0. The van der Waals surface area contributed by atoms with E-state index in [2.05, 4.69) is 0 Å². The van der Waals surface area contributed by atoms with E-state index in [0.717, 1.165) is 6.42 Å². The Kier molecular flexibility index (Phi) is 5.63. The Balaban J connectivity index is 0.00000169. The molecule has 1 aliphatic carbocycles. The lowest BCUT2D eigenvalue weighted by molar-refractivity contribution is -0.0131. The fourth-order valence-corrected chi connectivity index (χ4v) is 3.69. The summed E-state index contributed by atoms with van der Waals surface area (Å²) in [7, 11) is -3.13. The molecule has 0 aromatic carbocycles. The van der Waals surface area contributed by atoms with E-state index < -0.39 is 13.0 Å². The fourth-order valence-electron chi connectivity index (χ4n) is 1.62. The van der Waals surface area contributed by atoms with Crippen LogP contribution in [0.5, 0.6) is 0 Å². The summed E-state index contributed by atoms with van der Waals surface area (Å²) in [4.78, 5) is 9.49. The second-order valence-corrected chi connectivity index (χ2v) is 6.40. The van der Waals surface area contributed by atoms with Gasteiger partial charge in [0.2, 0.25) is 7.37 Å². The van der Waals surface area contributed by atoms with Crippen LogP contribution in [-0.2, 0) is 4.57 Å². The van der Waals surface area contributed by atoms with Crippen molar-refractivity contribution in [1.82, 2.24) is 0 Å². The lowest BCUT2D eigenvalue weighted by Gasteiger charge is -2.37. The van der Waals surface area contributed by atoms with Gasteiger partial charge in [-0.3, -0.25) is 4.57 Å². The molecule has 4 N–H and O–H groups in total. The smallest absolute Gasteiger partial charge is 0.203 e. The Bertz CT molecular complexity index is 221. The highest BCUT2D eigenvalue weighted by atomic mass is 35.5. The van der Waals surface area contributed by atoms with Crippen LogP contribution in [0.4, 0.5) is 0 Å². The van der Waals surface area contributed by atoms with Crippen LogP contribution in [0.3, 0.4) is 0 Å². The van der Waals surface area contributed by atoms with Crippen LogP contribution in [-0.4, -0.2) is 34.5 Å². The second-order valence-electron chi connectivity index (χ2n) is 3.95. The van der Waals surface area contributed by atoms with Gasteiger partial charge in [0, 0.05) is 6.16 Å². The zero-order valence-electron chi connectivity index (χ0n) is 8.19. The summed E-state index contributed by atoms with van der Waals surface area (Å²) in [6.07, 6.45) is 3.16. The minimum atomic E-state index is -3.13. The summed E-state index contributed by atoms with van der Waals surface area (Å²) in [6.45, 7) is 0.434. The van der Waals surface area contributed by atoms with Crippen LogP contribution >= 0.6 is 19.8 Å². The molecule has 0 bridgehead atoms. The molecule has 6 heteroatoms. The molecule has 86 valence electrons. The van der Waals surface area contributed by atoms with Gasteiger partial charge in [0.25, 0.3) is 0 Å². The average Bonchev–Trinajstić information content (AvgIpc) is 1.97. The van der Waals surface area contributed by atoms with Gasteiger partial charge in [0.15, 0.2) is 0 Å². The molecule has 1 atom stereocenters. The zero-order valence-corrected chi connectivity index (χ0v) is 9.90. The molecule has 1 fully saturated rings. The molecular weight excluding hydrogens is 225 g/mol. The van der Waals surface area contributed by atoms with Crippen LogP contribution in [0.15, 0.2) is 0 Å². The van der Waals surface area contributed by atoms with Gasteiger partial charge in [0.1, 0.15) is 0 Å². The summed E-state index contributed by atoms with van der Waals surface area (Å²) in [5.74, 6) is 0. The molecule has 0 aromatic heterocycles. The van der Waals surface area contributed by atoms with Crippen molar-refractivity contribution >= 4 is 19.8 Å². The maximum absolute atomic E-state index is 11.5. The lowest BCUT2D eigenvalue weighted by atomic mass is 9.82. The first-order valence-electron chi connectivity index (χ1n) is 4.71. The van der Waals surface area contributed by atoms with Crippen LogP contribution < -0.4 is 5.73 Å². The summed E-state index contributed by atoms with van der Waals surface area (Å²) in [5.41, 5.74) is 4.40. The molecule has 0 aliphatic heterocycles. The van der Waals surface area contributed by atoms with Crippen molar-refractivity contribution in [2.75, 3.05) is 18.9 Å². The maximum atomic E-state index is 11.5. The molecule has 0 radical (unpaired) electrons. The highest BCUT2D eigenvalue weighted by Crippen LogP contribution is 2.49. The first-order chi connectivity index (χ1) is 5.97. The molecule has 1 aliphatic rings. The van der Waals surface area contributed by atoms with E-state index in [0.29, 0.717) is 25.8 Å². The van der Waals surface area contributed by atoms with E-state index in [1.165, 1.54) is 0 Å². The molecule has 1 saturated carbocycles. The topological polar surface area (TPSA) is 83.6 Å². The van der Waals surface area contributed by atoms with E-state index in [1.807, 2.05) is 0 Å². The molecule has 0 amide bonds. The lowest BCUT2D eigenvalue weighted by Crippen LogP contribution is -2.40. The van der Waals surface area contributed by atoms with Crippen molar-refractivity contribution in [1.29, 1.82) is 0 Å². The van der Waals surface area contributed by atoms with E-state index in [4.69, 9.17) is 5.73 Å². The molecule has 1 unspecified atom stereocenters. The number of halogens is 1. The van der Waals surface area contributed by atoms with Gasteiger partial charge < -0.3 is 15.7 Å². The van der Waals surface area contributed by atoms with Crippen molar-refractivity contribution in [3.63, 3.8) is 0 Å². The largest absolute Gasteiger partial charge is 0.389 e. The summed E-state index contributed by atoms with van der Waals surface area (Å²) >= 11 is 0. The molecule has 0 spiro atoms. The van der Waals surface area contributed by atoms with E-state index in [1.54, 1.807) is 0 Å². The SMILES string of the molecule is Cl.NCCCP(=O)(O)CC1(O)CCC1. The third-order valence-electron chi connectivity index (χ3n) is 2.54. The highest BCUT2D eigenvalue weighted by molar-refractivity contribution is 7.58. The van der Waals surface area contributed by atoms with Gasteiger partial charge in [-0.05, 0) is 32.2 Å². The Morgan fingerprint density at radius 3 is 2.36 bits per heavy atom. The molecule has 0 saturated heterocycles. The van der Waals surface area contributed by atoms with Crippen LogP contribution in [0.1, 0.15) is 25.7 Å². The minimum Gasteiger partial charge on any atom is -0.389 e. The zero-order chi connectivity index (χ0) is 9.95. The van der Waals surface area contributed by atoms with Crippen molar-refractivity contribution in [3.8, 4) is 0 Å². The van der Waals surface area contributed by atoms with Gasteiger partial charge >= 0.3 is 0 Å². The Hall–Kier alpha value is 0.400. The van der Waals surface area contributed by atoms with Gasteiger partial charge in [-0.1, -0.05) is 0 Å². The van der Waals surface area contributed by atoms with Gasteiger partial charge in [-0.25, -0.2) is 0 Å². The number of aliphatic hydroxyl groups is 1. The summed E-state index contributed by atoms with van der Waals surface area (Å²) < 4.78 is 11.5. The highest BCUT2D eigenvalue weighted by Gasteiger charge is 2.40. The van der Waals surface area contributed by atoms with Crippen molar-refractivity contribution in [2.24, 2.45) is 5.73 Å². The number of rotatable bonds is 5. The summed E-state index contributed by atoms with van der Waals surface area (Å²) in [6, 6.07) is 0. The van der Waals surface area contributed by atoms with E-state index >= 15 is 0 Å². The predicted octanol–water partition coefficient (Wildman–Crippen LogP) is 0.942. The van der Waals surface area contributed by atoms with Gasteiger partial charge in [-0.2, -0.15) is 0 Å². The quantitative estimate of drug-likeness (QED) is 0.628. The second kappa shape index (κ2) is 5.47. The Morgan fingerprint density at radius 1 is 1.43 bits per heavy atom. The summed E-state index contributed by atoms with van der Waals surface area (Å²) in [5, 5.41) is 9.68. The molecule has 14 heavy (non-hydrogen) atoms. The van der Waals surface area contributed by atoms with Crippen molar-refractivity contribution in [3.05, 3.63) is 0 Å². The third-order valence-corrected chi connectivity index (χ3v) is 4.64. The molecule has 1 rings (SSSR count). The first kappa shape index (κ1) is 14.4. The van der Waals surface area contributed by atoms with Crippen LogP contribution in [0.25, 0.3) is 0 Å². The standard InChI is InChI=1S/C8H18NO3P.ClH/c9-5-2-6-13(11,12)7-8(10)3-1-4-8;/h10H,1-7,9H2,(H,11,12);1H. The molecule has 4 nitrogen and oxygen atoms in total. The maximum Gasteiger partial charge on any atom is 0.203 e. The fraction of sp³-hybridized carbons (Fsp3) is 1.00.